The number of aromatic nitrogens is 1. The molecule has 1 aromatic heterocycles. The molecule has 1 N–H and O–H groups in total. The summed E-state index contributed by atoms with van der Waals surface area (Å²) in [4.78, 5) is 6.98. The lowest BCUT2D eigenvalue weighted by atomic mass is 9.94. The topological polar surface area (TPSA) is 46.6 Å². The van der Waals surface area contributed by atoms with E-state index in [1.54, 1.807) is 17.4 Å². The molecule has 0 aliphatic carbocycles. The molecule has 0 saturated carbocycles. The molecule has 146 valence electrons. The second kappa shape index (κ2) is 8.22. The van der Waals surface area contributed by atoms with Gasteiger partial charge in [0, 0.05) is 43.2 Å². The summed E-state index contributed by atoms with van der Waals surface area (Å²) in [6, 6.07) is 6.60. The first-order chi connectivity index (χ1) is 13.1. The average Bonchev–Trinajstić information content (AvgIpc) is 3.17. The Bertz CT molecular complexity index is 771. The highest BCUT2D eigenvalue weighted by atomic mass is 32.1. The number of thiazole rings is 1. The van der Waals surface area contributed by atoms with E-state index in [-0.39, 0.29) is 11.4 Å². The van der Waals surface area contributed by atoms with Crippen molar-refractivity contribution in [3.05, 3.63) is 46.2 Å². The molecule has 2 fully saturated rings. The first kappa shape index (κ1) is 18.8. The van der Waals surface area contributed by atoms with Crippen LogP contribution in [-0.2, 0) is 16.0 Å². The monoisotopic (exact) mass is 391 g/mol. The van der Waals surface area contributed by atoms with E-state index in [1.807, 2.05) is 13.0 Å². The Labute approximate surface area is 163 Å². The quantitative estimate of drug-likeness (QED) is 0.847. The number of nitrogens with one attached hydrogen (secondary N) is 1. The van der Waals surface area contributed by atoms with Crippen LogP contribution >= 0.6 is 11.3 Å². The Hall–Kier alpha value is -1.54. The maximum Gasteiger partial charge on any atom is 0.125 e. The van der Waals surface area contributed by atoms with Crippen LogP contribution in [0.25, 0.3) is 0 Å². The van der Waals surface area contributed by atoms with Crippen LogP contribution in [0.3, 0.4) is 0 Å². The van der Waals surface area contributed by atoms with E-state index in [0.717, 1.165) is 55.6 Å². The molecule has 0 unspecified atom stereocenters. The number of hydrogen-bond donors (Lipinski definition) is 1. The second-order valence-electron chi connectivity index (χ2n) is 7.58. The van der Waals surface area contributed by atoms with E-state index in [1.165, 1.54) is 12.1 Å². The third-order valence-electron chi connectivity index (χ3n) is 5.19. The van der Waals surface area contributed by atoms with Crippen molar-refractivity contribution in [1.82, 2.24) is 9.88 Å². The van der Waals surface area contributed by atoms with E-state index in [4.69, 9.17) is 9.47 Å². The van der Waals surface area contributed by atoms with E-state index < -0.39 is 0 Å². The third kappa shape index (κ3) is 4.85. The van der Waals surface area contributed by atoms with Gasteiger partial charge in [0.2, 0.25) is 0 Å². The minimum absolute atomic E-state index is 0.218. The fourth-order valence-electron chi connectivity index (χ4n) is 3.97. The van der Waals surface area contributed by atoms with Crippen LogP contribution in [0.5, 0.6) is 0 Å². The van der Waals surface area contributed by atoms with Gasteiger partial charge in [-0.1, -0.05) is 6.07 Å². The van der Waals surface area contributed by atoms with Crippen LogP contribution in [0.4, 0.5) is 10.1 Å². The van der Waals surface area contributed by atoms with Crippen molar-refractivity contribution < 1.29 is 13.9 Å². The molecule has 27 heavy (non-hydrogen) atoms. The van der Waals surface area contributed by atoms with E-state index in [0.29, 0.717) is 19.1 Å². The maximum atomic E-state index is 13.3. The lowest BCUT2D eigenvalue weighted by Gasteiger charge is -2.30. The summed E-state index contributed by atoms with van der Waals surface area (Å²) in [5.74, 6) is 0.169. The summed E-state index contributed by atoms with van der Waals surface area (Å²) < 4.78 is 25.5. The molecule has 2 aliphatic heterocycles. The molecule has 0 amide bonds. The van der Waals surface area contributed by atoms with Gasteiger partial charge < -0.3 is 14.8 Å². The number of rotatable bonds is 5. The van der Waals surface area contributed by atoms with Crippen LogP contribution in [0, 0.1) is 18.7 Å². The van der Waals surface area contributed by atoms with Crippen molar-refractivity contribution >= 4 is 17.0 Å². The fourth-order valence-corrected chi connectivity index (χ4v) is 4.57. The summed E-state index contributed by atoms with van der Waals surface area (Å²) in [6.07, 6.45) is 0.946. The van der Waals surface area contributed by atoms with Gasteiger partial charge in [-0.25, -0.2) is 9.37 Å². The second-order valence-corrected chi connectivity index (χ2v) is 8.64. The maximum absolute atomic E-state index is 13.3. The minimum Gasteiger partial charge on any atom is -0.385 e. The molecule has 7 heteroatoms. The molecule has 2 aromatic rings. The third-order valence-corrected chi connectivity index (χ3v) is 6.01. The van der Waals surface area contributed by atoms with Crippen LogP contribution in [0.1, 0.15) is 17.1 Å². The molecule has 5 nitrogen and oxygen atoms in total. The summed E-state index contributed by atoms with van der Waals surface area (Å²) >= 11 is 1.69. The van der Waals surface area contributed by atoms with Gasteiger partial charge >= 0.3 is 0 Å². The standard InChI is InChI=1S/C20H26FN3O2S/c1-15-23-19(12-27-15)10-24-5-6-25-14-20(13-24)8-16(11-26-20)9-22-18-4-2-3-17(21)7-18/h2-4,7,12,16,22H,5-6,8-11,13-14H2,1H3/t16-,20+/m1/s1. The zero-order valence-electron chi connectivity index (χ0n) is 15.6. The molecule has 4 rings (SSSR count). The number of hydrogen-bond acceptors (Lipinski definition) is 6. The Morgan fingerprint density at radius 2 is 2.37 bits per heavy atom. The van der Waals surface area contributed by atoms with Crippen molar-refractivity contribution in [1.29, 1.82) is 0 Å². The number of anilines is 1. The Morgan fingerprint density at radius 1 is 1.44 bits per heavy atom. The van der Waals surface area contributed by atoms with Gasteiger partial charge in [0.25, 0.3) is 0 Å². The Kier molecular flexibility index (Phi) is 5.73. The predicted molar refractivity (Wildman–Crippen MR) is 105 cm³/mol. The van der Waals surface area contributed by atoms with Gasteiger partial charge in [0.1, 0.15) is 11.4 Å². The van der Waals surface area contributed by atoms with Crippen LogP contribution in [0.2, 0.25) is 0 Å². The zero-order chi connectivity index (χ0) is 18.7. The molecule has 2 atom stereocenters. The lowest BCUT2D eigenvalue weighted by molar-refractivity contribution is -0.0563. The zero-order valence-corrected chi connectivity index (χ0v) is 16.4. The molecule has 3 heterocycles. The summed E-state index contributed by atoms with van der Waals surface area (Å²) in [7, 11) is 0. The number of nitrogens with zero attached hydrogens (tertiary/aromatic N) is 2. The first-order valence-corrected chi connectivity index (χ1v) is 10.3. The van der Waals surface area contributed by atoms with E-state index in [9.17, 15) is 4.39 Å². The highest BCUT2D eigenvalue weighted by Crippen LogP contribution is 2.33. The first-order valence-electron chi connectivity index (χ1n) is 9.45. The summed E-state index contributed by atoms with van der Waals surface area (Å²) in [5.41, 5.74) is 1.68. The smallest absolute Gasteiger partial charge is 0.125 e. The van der Waals surface area contributed by atoms with E-state index in [2.05, 4.69) is 20.6 Å². The van der Waals surface area contributed by atoms with Gasteiger partial charge in [-0.05, 0) is 31.5 Å². The minimum atomic E-state index is -0.254. The normalized spacial score (nSPS) is 26.4. The van der Waals surface area contributed by atoms with Crippen molar-refractivity contribution in [3.8, 4) is 0 Å². The molecular weight excluding hydrogens is 365 g/mol. The predicted octanol–water partition coefficient (Wildman–Crippen LogP) is 3.31. The van der Waals surface area contributed by atoms with Crippen LogP contribution in [-0.4, -0.2) is 54.9 Å². The summed E-state index contributed by atoms with van der Waals surface area (Å²) in [6.45, 7) is 7.47. The number of ether oxygens (including phenoxy) is 2. The molecule has 0 radical (unpaired) electrons. The number of aryl methyl sites for hydroxylation is 1. The lowest BCUT2D eigenvalue weighted by Crippen LogP contribution is -2.44. The summed E-state index contributed by atoms with van der Waals surface area (Å²) in [5, 5.41) is 6.57. The molecule has 1 spiro atoms. The molecule has 0 bridgehead atoms. The van der Waals surface area contributed by atoms with Crippen molar-refractivity contribution in [2.75, 3.05) is 44.8 Å². The van der Waals surface area contributed by atoms with Gasteiger partial charge in [-0.15, -0.1) is 11.3 Å². The van der Waals surface area contributed by atoms with Crippen molar-refractivity contribution in [3.63, 3.8) is 0 Å². The number of benzene rings is 1. The number of halogens is 1. The van der Waals surface area contributed by atoms with Crippen molar-refractivity contribution in [2.45, 2.75) is 25.5 Å². The Balaban J connectivity index is 1.34. The fraction of sp³-hybridized carbons (Fsp3) is 0.550. The molecular formula is C20H26FN3O2S. The SMILES string of the molecule is Cc1nc(CN2CCOC[C@]3(C[C@H](CNc4cccc(F)c4)CO3)C2)cs1. The Morgan fingerprint density at radius 3 is 3.19 bits per heavy atom. The molecule has 2 saturated heterocycles. The van der Waals surface area contributed by atoms with Gasteiger partial charge in [-0.2, -0.15) is 0 Å². The van der Waals surface area contributed by atoms with Crippen LogP contribution in [0.15, 0.2) is 29.6 Å². The van der Waals surface area contributed by atoms with Gasteiger partial charge in [0.05, 0.1) is 30.5 Å². The van der Waals surface area contributed by atoms with Crippen LogP contribution < -0.4 is 5.32 Å². The van der Waals surface area contributed by atoms with E-state index >= 15 is 0 Å². The average molecular weight is 392 g/mol. The van der Waals surface area contributed by atoms with Gasteiger partial charge in [0.15, 0.2) is 0 Å². The molecule has 1 aromatic carbocycles. The highest BCUT2D eigenvalue weighted by Gasteiger charge is 2.43. The van der Waals surface area contributed by atoms with Crippen molar-refractivity contribution in [2.24, 2.45) is 5.92 Å². The van der Waals surface area contributed by atoms with Gasteiger partial charge in [-0.3, -0.25) is 4.90 Å². The highest BCUT2D eigenvalue weighted by molar-refractivity contribution is 7.09. The molecule has 2 aliphatic rings. The largest absolute Gasteiger partial charge is 0.385 e.